The third-order valence-electron chi connectivity index (χ3n) is 5.96. The first-order chi connectivity index (χ1) is 20.2. The molecule has 0 radical (unpaired) electrons. The highest BCUT2D eigenvalue weighted by atomic mass is 35.5. The minimum atomic E-state index is -2.50. The van der Waals surface area contributed by atoms with Gasteiger partial charge in [0.2, 0.25) is 5.72 Å². The third-order valence-corrected chi connectivity index (χ3v) is 6.20. The van der Waals surface area contributed by atoms with Crippen LogP contribution in [0.3, 0.4) is 0 Å². The molecule has 0 bridgehead atoms. The molecule has 1 aliphatic rings. The first-order valence-electron chi connectivity index (χ1n) is 12.2. The highest BCUT2D eigenvalue weighted by molar-refractivity contribution is 6.30. The SMILES string of the molecule is [N-]=[N+]=N[C@]1(COC(=O)c2cccc(Cl)c2)O[C@@H](n2cc(C#CCCO)c(=O)[nH]c2=O)[C@@H](F)[C@@H]1OC(=O)c1ccccc1. The van der Waals surface area contributed by atoms with E-state index in [9.17, 15) is 24.7 Å². The van der Waals surface area contributed by atoms with E-state index in [-0.39, 0.29) is 34.7 Å². The van der Waals surface area contributed by atoms with Crippen LogP contribution in [0.25, 0.3) is 10.4 Å². The number of H-pyrrole nitrogens is 1. The first-order valence-corrected chi connectivity index (χ1v) is 12.6. The van der Waals surface area contributed by atoms with Crippen LogP contribution in [-0.4, -0.2) is 57.8 Å². The molecule has 2 N–H and O–H groups in total. The second-order valence-corrected chi connectivity index (χ2v) is 9.19. The molecule has 3 aromatic rings. The number of nitrogens with zero attached hydrogens (tertiary/aromatic N) is 4. The maximum absolute atomic E-state index is 16.2. The molecule has 4 rings (SSSR count). The number of aliphatic hydroxyl groups excluding tert-OH is 1. The van der Waals surface area contributed by atoms with E-state index in [1.54, 1.807) is 6.07 Å². The van der Waals surface area contributed by atoms with Crippen molar-refractivity contribution >= 4 is 23.5 Å². The summed E-state index contributed by atoms with van der Waals surface area (Å²) >= 11 is 5.93. The Balaban J connectivity index is 1.75. The van der Waals surface area contributed by atoms with E-state index in [1.807, 2.05) is 4.98 Å². The van der Waals surface area contributed by atoms with Gasteiger partial charge < -0.3 is 19.3 Å². The van der Waals surface area contributed by atoms with E-state index in [0.29, 0.717) is 4.57 Å². The lowest BCUT2D eigenvalue weighted by Gasteiger charge is -2.28. The molecule has 0 amide bonds. The summed E-state index contributed by atoms with van der Waals surface area (Å²) in [4.78, 5) is 55.3. The van der Waals surface area contributed by atoms with Crippen LogP contribution >= 0.6 is 11.6 Å². The molecule has 1 fully saturated rings. The smallest absolute Gasteiger partial charge is 0.338 e. The molecule has 2 heterocycles. The number of aromatic amines is 1. The molecule has 216 valence electrons. The lowest BCUT2D eigenvalue weighted by atomic mass is 10.1. The molecule has 0 spiro atoms. The maximum Gasteiger partial charge on any atom is 0.338 e. The number of hydrogen-bond acceptors (Lipinski definition) is 9. The Morgan fingerprint density at radius 1 is 1.19 bits per heavy atom. The number of azide groups is 1. The van der Waals surface area contributed by atoms with Gasteiger partial charge >= 0.3 is 17.6 Å². The molecular formula is C27H21ClFN5O8. The van der Waals surface area contributed by atoms with Crippen molar-refractivity contribution in [1.29, 1.82) is 0 Å². The number of alkyl halides is 1. The van der Waals surface area contributed by atoms with Crippen LogP contribution in [0, 0.1) is 11.8 Å². The molecule has 4 atom stereocenters. The summed E-state index contributed by atoms with van der Waals surface area (Å²) in [6.07, 6.45) is -5.46. The fourth-order valence-electron chi connectivity index (χ4n) is 4.01. The quantitative estimate of drug-likeness (QED) is 0.130. The predicted molar refractivity (Wildman–Crippen MR) is 144 cm³/mol. The van der Waals surface area contributed by atoms with Crippen LogP contribution in [0.4, 0.5) is 4.39 Å². The third kappa shape index (κ3) is 6.51. The maximum atomic E-state index is 16.2. The minimum Gasteiger partial charge on any atom is -0.459 e. The zero-order valence-electron chi connectivity index (χ0n) is 21.5. The van der Waals surface area contributed by atoms with Crippen molar-refractivity contribution in [3.63, 3.8) is 0 Å². The van der Waals surface area contributed by atoms with Crippen molar-refractivity contribution in [1.82, 2.24) is 9.55 Å². The van der Waals surface area contributed by atoms with Gasteiger partial charge in [-0.05, 0) is 35.9 Å². The minimum absolute atomic E-state index is 0.00529. The van der Waals surface area contributed by atoms with Crippen LogP contribution in [0.2, 0.25) is 5.02 Å². The summed E-state index contributed by atoms with van der Waals surface area (Å²) in [5.41, 5.74) is 4.61. The number of carbonyl (C=O) groups excluding carboxylic acids is 2. The number of ether oxygens (including phenoxy) is 3. The highest BCUT2D eigenvalue weighted by Gasteiger charge is 2.60. The standard InChI is InChI=1S/C27H21ClFN5O8/c28-19-11-6-10-17(13-19)24(37)40-15-27(32-33-30)21(41-25(38)16-7-2-1-3-8-16)20(29)23(42-27)34-14-18(9-4-5-12-35)22(36)31-26(34)39/h1-3,6-8,10-11,13-14,20-21,23,35H,5,12,15H2,(H,31,36,39)/t20-,21-,23+,27+/m0/s1. The molecule has 1 aliphatic heterocycles. The van der Waals surface area contributed by atoms with Crippen LogP contribution < -0.4 is 11.2 Å². The summed E-state index contributed by atoms with van der Waals surface area (Å²) in [7, 11) is 0. The molecule has 1 saturated heterocycles. The molecule has 42 heavy (non-hydrogen) atoms. The molecule has 15 heteroatoms. The van der Waals surface area contributed by atoms with Crippen molar-refractivity contribution in [2.24, 2.45) is 5.11 Å². The second-order valence-electron chi connectivity index (χ2n) is 8.75. The fraction of sp³-hybridized carbons (Fsp3) is 0.259. The van der Waals surface area contributed by atoms with Gasteiger partial charge in [-0.1, -0.05) is 52.8 Å². The topological polar surface area (TPSA) is 186 Å². The van der Waals surface area contributed by atoms with Crippen LogP contribution in [0.1, 0.15) is 38.9 Å². The van der Waals surface area contributed by atoms with Crippen molar-refractivity contribution in [3.05, 3.63) is 114 Å². The lowest BCUT2D eigenvalue weighted by molar-refractivity contribution is -0.129. The number of carbonyl (C=O) groups is 2. The Morgan fingerprint density at radius 3 is 2.62 bits per heavy atom. The number of aliphatic hydroxyl groups is 1. The molecule has 0 saturated carbocycles. The van der Waals surface area contributed by atoms with E-state index in [1.165, 1.54) is 48.5 Å². The number of hydrogen-bond donors (Lipinski definition) is 2. The summed E-state index contributed by atoms with van der Waals surface area (Å²) in [6, 6.07) is 13.2. The number of benzene rings is 2. The summed E-state index contributed by atoms with van der Waals surface area (Å²) in [5, 5.41) is 12.7. The van der Waals surface area contributed by atoms with E-state index < -0.39 is 54.0 Å². The van der Waals surface area contributed by atoms with E-state index >= 15 is 4.39 Å². The number of rotatable bonds is 8. The zero-order valence-corrected chi connectivity index (χ0v) is 22.2. The Bertz CT molecular complexity index is 1710. The molecule has 0 aliphatic carbocycles. The average molecular weight is 598 g/mol. The van der Waals surface area contributed by atoms with Gasteiger partial charge in [-0.15, -0.1) is 0 Å². The van der Waals surface area contributed by atoms with E-state index in [0.717, 1.165) is 6.20 Å². The van der Waals surface area contributed by atoms with Gasteiger partial charge in [-0.3, -0.25) is 14.3 Å². The summed E-state index contributed by atoms with van der Waals surface area (Å²) in [6.45, 7) is -1.24. The van der Waals surface area contributed by atoms with Crippen molar-refractivity contribution in [2.75, 3.05) is 13.2 Å². The fourth-order valence-corrected chi connectivity index (χ4v) is 4.20. The van der Waals surface area contributed by atoms with Crippen molar-refractivity contribution in [2.45, 2.75) is 30.6 Å². The number of halogens is 2. The van der Waals surface area contributed by atoms with Gasteiger partial charge in [0, 0.05) is 22.6 Å². The van der Waals surface area contributed by atoms with Gasteiger partial charge in [-0.2, -0.15) is 0 Å². The van der Waals surface area contributed by atoms with Crippen LogP contribution in [0.5, 0.6) is 0 Å². The van der Waals surface area contributed by atoms with Gasteiger partial charge in [-0.25, -0.2) is 18.8 Å². The first kappa shape index (κ1) is 30.0. The van der Waals surface area contributed by atoms with Crippen LogP contribution in [-0.2, 0) is 14.2 Å². The Hall–Kier alpha value is -4.93. The Kier molecular flexibility index (Phi) is 9.41. The normalized spacial score (nSPS) is 21.0. The second kappa shape index (κ2) is 13.2. The molecule has 13 nitrogen and oxygen atoms in total. The molecular weight excluding hydrogens is 577 g/mol. The summed E-state index contributed by atoms with van der Waals surface area (Å²) < 4.78 is 33.2. The number of nitrogens with one attached hydrogen (secondary N) is 1. The van der Waals surface area contributed by atoms with Gasteiger partial charge in [0.25, 0.3) is 5.56 Å². The van der Waals surface area contributed by atoms with Crippen molar-refractivity contribution < 1.29 is 33.3 Å². The predicted octanol–water partition coefficient (Wildman–Crippen LogP) is 2.88. The van der Waals surface area contributed by atoms with Crippen LogP contribution in [0.15, 0.2) is 75.5 Å². The Morgan fingerprint density at radius 2 is 1.93 bits per heavy atom. The van der Waals surface area contributed by atoms with E-state index in [2.05, 4.69) is 21.9 Å². The molecule has 0 unspecified atom stereocenters. The van der Waals surface area contributed by atoms with E-state index in [4.69, 9.17) is 30.9 Å². The lowest BCUT2D eigenvalue weighted by Crippen LogP contribution is -2.47. The largest absolute Gasteiger partial charge is 0.459 e. The Labute approximate surface area is 241 Å². The monoisotopic (exact) mass is 597 g/mol. The number of esters is 2. The molecule has 1 aromatic heterocycles. The van der Waals surface area contributed by atoms with Gasteiger partial charge in [0.15, 0.2) is 18.5 Å². The van der Waals surface area contributed by atoms with Gasteiger partial charge in [0.05, 0.1) is 17.7 Å². The molecule has 2 aromatic carbocycles. The highest BCUT2D eigenvalue weighted by Crippen LogP contribution is 2.42. The van der Waals surface area contributed by atoms with Crippen molar-refractivity contribution in [3.8, 4) is 11.8 Å². The summed E-state index contributed by atoms with van der Waals surface area (Å²) in [5.74, 6) is 2.98. The number of aromatic nitrogens is 2. The average Bonchev–Trinajstić information content (AvgIpc) is 3.24. The zero-order chi connectivity index (χ0) is 30.3. The van der Waals surface area contributed by atoms with Gasteiger partial charge in [0.1, 0.15) is 12.2 Å².